The van der Waals surface area contributed by atoms with Crippen molar-refractivity contribution in [2.75, 3.05) is 7.11 Å². The van der Waals surface area contributed by atoms with E-state index in [1.165, 1.54) is 26.3 Å². The number of allylic oxidation sites excluding steroid dienone is 1. The zero-order valence-electron chi connectivity index (χ0n) is 8.36. The van der Waals surface area contributed by atoms with Crippen LogP contribution < -0.4 is 0 Å². The zero-order valence-corrected chi connectivity index (χ0v) is 11.3. The predicted molar refractivity (Wildman–Crippen MR) is 49.4 cm³/mol. The average molecular weight is 366 g/mol. The molecule has 78 valence electrons. The summed E-state index contributed by atoms with van der Waals surface area (Å²) < 4.78 is 11.5. The van der Waals surface area contributed by atoms with Gasteiger partial charge in [-0.05, 0) is 0 Å². The van der Waals surface area contributed by atoms with Crippen LogP contribution in [0.4, 0.5) is 0 Å². The summed E-state index contributed by atoms with van der Waals surface area (Å²) in [6.45, 7) is 1.44. The van der Waals surface area contributed by atoms with Crippen molar-refractivity contribution in [1.29, 1.82) is 0 Å². The molecule has 0 amide bonds. The summed E-state index contributed by atoms with van der Waals surface area (Å²) in [6, 6.07) is 0. The molecule has 1 aliphatic rings. The molecule has 0 saturated heterocycles. The van der Waals surface area contributed by atoms with Crippen LogP contribution in [0.2, 0.25) is 0 Å². The van der Waals surface area contributed by atoms with Crippen LogP contribution >= 0.6 is 0 Å². The van der Waals surface area contributed by atoms with Gasteiger partial charge in [-0.2, -0.15) is 0 Å². The molecule has 1 rings (SSSR count). The van der Waals surface area contributed by atoms with Crippen LogP contribution in [0.25, 0.3) is 0 Å². The molecule has 0 saturated carbocycles. The van der Waals surface area contributed by atoms with E-state index in [-0.39, 0.29) is 18.0 Å². The van der Waals surface area contributed by atoms with Gasteiger partial charge in [0.2, 0.25) is 0 Å². The first kappa shape index (κ1) is 11.8. The van der Waals surface area contributed by atoms with E-state index in [2.05, 4.69) is 6.08 Å². The van der Waals surface area contributed by atoms with Crippen LogP contribution in [-0.4, -0.2) is 23.3 Å². The van der Waals surface area contributed by atoms with Crippen molar-refractivity contribution in [3.8, 4) is 0 Å². The number of hydrogen-bond acceptors (Lipinski definition) is 3. The third-order valence-electron chi connectivity index (χ3n) is 2.17. The maximum atomic E-state index is 10.9. The molecule has 0 heterocycles. The van der Waals surface area contributed by atoms with Gasteiger partial charge in [0.15, 0.2) is 0 Å². The van der Waals surface area contributed by atoms with E-state index in [0.717, 1.165) is 16.9 Å². The van der Waals surface area contributed by atoms with Crippen molar-refractivity contribution < 1.29 is 33.6 Å². The van der Waals surface area contributed by atoms with Gasteiger partial charge < -0.3 is 0 Å². The molecule has 4 heteroatoms. The molecule has 3 nitrogen and oxygen atoms in total. The molecule has 0 aromatic heterocycles. The predicted octanol–water partition coefficient (Wildman–Crippen LogP) is 1.21. The molecule has 0 aromatic rings. The molecule has 0 radical (unpaired) electrons. The second-order valence-corrected chi connectivity index (χ2v) is 4.65. The fraction of sp³-hybridized carbons (Fsp3) is 0.600. The molecule has 0 bridgehead atoms. The third-order valence-corrected chi connectivity index (χ3v) is 3.86. The van der Waals surface area contributed by atoms with Crippen molar-refractivity contribution in [2.45, 2.75) is 25.9 Å². The summed E-state index contributed by atoms with van der Waals surface area (Å²) in [5.74, 6) is 0.00866. The SMILES string of the molecule is CO[C](=[W])[C@@H]1CCC=C[C@@H]1OC(C)=O. The molecule has 14 heavy (non-hydrogen) atoms. The summed E-state index contributed by atoms with van der Waals surface area (Å²) in [4.78, 5) is 10.9. The van der Waals surface area contributed by atoms with Gasteiger partial charge in [0.05, 0.1) is 0 Å². The van der Waals surface area contributed by atoms with Crippen molar-refractivity contribution in [1.82, 2.24) is 0 Å². The summed E-state index contributed by atoms with van der Waals surface area (Å²) in [5, 5.41) is 0. The molecule has 1 aliphatic carbocycles. The van der Waals surface area contributed by atoms with Gasteiger partial charge in [0, 0.05) is 0 Å². The number of hydrogen-bond donors (Lipinski definition) is 0. The molecule has 0 fully saturated rings. The van der Waals surface area contributed by atoms with Gasteiger partial charge >= 0.3 is 94.7 Å². The number of ether oxygens (including phenoxy) is 2. The van der Waals surface area contributed by atoms with E-state index in [0.29, 0.717) is 0 Å². The Morgan fingerprint density at radius 3 is 2.86 bits per heavy atom. The molecule has 0 unspecified atom stereocenters. The second kappa shape index (κ2) is 5.57. The van der Waals surface area contributed by atoms with Gasteiger partial charge in [-0.1, -0.05) is 0 Å². The second-order valence-electron chi connectivity index (χ2n) is 3.21. The topological polar surface area (TPSA) is 35.5 Å². The Balaban J connectivity index is 2.67. The first-order valence-corrected chi connectivity index (χ1v) is 6.03. The number of carbonyl (C=O) groups is 1. The van der Waals surface area contributed by atoms with E-state index in [9.17, 15) is 4.79 Å². The van der Waals surface area contributed by atoms with Gasteiger partial charge in [0.25, 0.3) is 0 Å². The van der Waals surface area contributed by atoms with Crippen molar-refractivity contribution in [3.63, 3.8) is 0 Å². The first-order chi connectivity index (χ1) is 6.65. The molecule has 0 aliphatic heterocycles. The molecular formula is C10H14O3W. The van der Waals surface area contributed by atoms with E-state index >= 15 is 0 Å². The molecular weight excluding hydrogens is 352 g/mol. The number of methoxy groups -OCH3 is 1. The van der Waals surface area contributed by atoms with E-state index in [1.54, 1.807) is 7.11 Å². The Kier molecular flexibility index (Phi) is 4.70. The van der Waals surface area contributed by atoms with Crippen LogP contribution in [0.3, 0.4) is 0 Å². The molecule has 0 spiro atoms. The Hall–Kier alpha value is -0.272. The Morgan fingerprint density at radius 1 is 1.57 bits per heavy atom. The monoisotopic (exact) mass is 366 g/mol. The third kappa shape index (κ3) is 3.14. The van der Waals surface area contributed by atoms with Crippen molar-refractivity contribution >= 4 is 10.1 Å². The normalized spacial score (nSPS) is 25.9. The van der Waals surface area contributed by atoms with E-state index in [4.69, 9.17) is 9.47 Å². The number of rotatable bonds is 3. The summed E-state index contributed by atoms with van der Waals surface area (Å²) in [7, 11) is 1.67. The Labute approximate surface area is 94.9 Å². The van der Waals surface area contributed by atoms with Crippen LogP contribution in [0, 0.1) is 5.92 Å². The molecule has 0 aromatic carbocycles. The quantitative estimate of drug-likeness (QED) is 0.557. The van der Waals surface area contributed by atoms with Gasteiger partial charge in [-0.15, -0.1) is 0 Å². The van der Waals surface area contributed by atoms with Crippen molar-refractivity contribution in [2.24, 2.45) is 5.92 Å². The van der Waals surface area contributed by atoms with Gasteiger partial charge in [0.1, 0.15) is 0 Å². The number of esters is 1. The summed E-state index contributed by atoms with van der Waals surface area (Å²) >= 11 is 1.31. The van der Waals surface area contributed by atoms with E-state index < -0.39 is 0 Å². The summed E-state index contributed by atoms with van der Waals surface area (Å²) in [6.07, 6.45) is 5.91. The molecule has 0 N–H and O–H groups in total. The minimum absolute atomic E-state index is 0.131. The van der Waals surface area contributed by atoms with Gasteiger partial charge in [-0.3, -0.25) is 0 Å². The molecule has 2 atom stereocenters. The van der Waals surface area contributed by atoms with Gasteiger partial charge in [-0.25, -0.2) is 0 Å². The van der Waals surface area contributed by atoms with E-state index in [1.807, 2.05) is 6.08 Å². The minimum atomic E-state index is -0.231. The van der Waals surface area contributed by atoms with Crippen molar-refractivity contribution in [3.05, 3.63) is 12.2 Å². The average Bonchev–Trinajstić information content (AvgIpc) is 2.16. The zero-order chi connectivity index (χ0) is 10.6. The van der Waals surface area contributed by atoms with Crippen LogP contribution in [0.1, 0.15) is 19.8 Å². The number of carbonyl (C=O) groups excluding carboxylic acids is 1. The fourth-order valence-corrected chi connectivity index (χ4v) is 2.43. The Morgan fingerprint density at radius 2 is 2.29 bits per heavy atom. The standard InChI is InChI=1S/C10H14O3.W/c1-8(11)13-10-6-4-3-5-9(10)7-12-2;/h4,6,9-10H,3,5H2,1-2H3;/t9-,10-;/m0./s1. The van der Waals surface area contributed by atoms with Crippen LogP contribution in [0.5, 0.6) is 0 Å². The Bertz CT molecular complexity index is 260. The summed E-state index contributed by atoms with van der Waals surface area (Å²) in [5.41, 5.74) is 0. The van der Waals surface area contributed by atoms with Crippen LogP contribution in [-0.2, 0) is 33.6 Å². The first-order valence-electron chi connectivity index (χ1n) is 4.57. The van der Waals surface area contributed by atoms with Crippen LogP contribution in [0.15, 0.2) is 12.2 Å². The maximum absolute atomic E-state index is 10.9. The fourth-order valence-electron chi connectivity index (χ4n) is 1.52.